The molecule has 3 aromatic carbocycles. The van der Waals surface area contributed by atoms with Gasteiger partial charge in [0, 0.05) is 20.6 Å². The number of Topliss-reactive ketones (excluding diaryl/α,β-unsaturated/α-hetero) is 1. The molecule has 1 aliphatic rings. The zero-order chi connectivity index (χ0) is 28.7. The van der Waals surface area contributed by atoms with E-state index in [4.69, 9.17) is 20.8 Å². The lowest BCUT2D eigenvalue weighted by Gasteiger charge is -2.24. The predicted octanol–water partition coefficient (Wildman–Crippen LogP) is 7.78. The predicted molar refractivity (Wildman–Crippen MR) is 162 cm³/mol. The fourth-order valence-electron chi connectivity index (χ4n) is 4.58. The Morgan fingerprint density at radius 3 is 2.73 bits per heavy atom. The van der Waals surface area contributed by atoms with Crippen LogP contribution in [0.2, 0.25) is 5.02 Å². The highest BCUT2D eigenvalue weighted by atomic mass is 79.9. The van der Waals surface area contributed by atoms with Crippen LogP contribution in [0.5, 0.6) is 5.75 Å². The number of ether oxygens (including phenoxy) is 1. The Hall–Kier alpha value is -3.64. The third-order valence-corrected chi connectivity index (χ3v) is 9.45. The van der Waals surface area contributed by atoms with Crippen LogP contribution in [-0.4, -0.2) is 34.1 Å². The number of carbonyl (C=O) groups excluding carboxylic acids is 2. The molecule has 0 bridgehead atoms. The minimum Gasteiger partial charge on any atom is -0.503 e. The quantitative estimate of drug-likeness (QED) is 0.102. The Morgan fingerprint density at radius 2 is 1.95 bits per heavy atom. The standard InChI is InChI=1S/C29H19BrClN3O5S2/c1-38-20-11-5-8-16-13-21(39-26(16)20)24(35)22-23(15-7-4-9-18(30)12-15)34(27(37)25(22)36)28-32-33-29(41-28)40-14-17-6-2-3-10-19(17)31/h2-13,23,36H,14H2,1H3. The first-order valence-electron chi connectivity index (χ1n) is 12.2. The number of carbonyl (C=O) groups is 2. The number of fused-ring (bicyclic) bond motifs is 1. The summed E-state index contributed by atoms with van der Waals surface area (Å²) >= 11 is 12.4. The number of halogens is 2. The van der Waals surface area contributed by atoms with Crippen molar-refractivity contribution in [3.63, 3.8) is 0 Å². The molecule has 12 heteroatoms. The van der Waals surface area contributed by atoms with E-state index < -0.39 is 23.5 Å². The van der Waals surface area contributed by atoms with Crippen LogP contribution in [0.15, 0.2) is 97.4 Å². The highest BCUT2D eigenvalue weighted by molar-refractivity contribution is 9.10. The normalized spacial score (nSPS) is 15.2. The minimum absolute atomic E-state index is 0.0334. The third kappa shape index (κ3) is 5.14. The molecule has 0 spiro atoms. The van der Waals surface area contributed by atoms with Gasteiger partial charge in [0.25, 0.3) is 5.91 Å². The summed E-state index contributed by atoms with van der Waals surface area (Å²) in [6, 6.07) is 20.6. The molecule has 0 saturated heterocycles. The molecular weight excluding hydrogens is 650 g/mol. The molecule has 6 rings (SSSR count). The minimum atomic E-state index is -0.975. The van der Waals surface area contributed by atoms with Crippen LogP contribution in [0.4, 0.5) is 5.13 Å². The van der Waals surface area contributed by atoms with Crippen molar-refractivity contribution in [2.24, 2.45) is 0 Å². The van der Waals surface area contributed by atoms with Crippen molar-refractivity contribution in [1.82, 2.24) is 10.2 Å². The van der Waals surface area contributed by atoms with Crippen LogP contribution in [0.3, 0.4) is 0 Å². The third-order valence-electron chi connectivity index (χ3n) is 6.48. The van der Waals surface area contributed by atoms with Crippen molar-refractivity contribution in [1.29, 1.82) is 0 Å². The Morgan fingerprint density at radius 1 is 1.15 bits per heavy atom. The number of para-hydroxylation sites is 1. The summed E-state index contributed by atoms with van der Waals surface area (Å²) in [5, 5.41) is 21.2. The number of aliphatic hydroxyl groups excluding tert-OH is 1. The van der Waals surface area contributed by atoms with E-state index in [1.807, 2.05) is 30.3 Å². The number of aliphatic hydroxyl groups is 1. The molecule has 5 aromatic rings. The molecule has 0 saturated carbocycles. The van der Waals surface area contributed by atoms with Gasteiger partial charge in [-0.15, -0.1) is 10.2 Å². The summed E-state index contributed by atoms with van der Waals surface area (Å²) in [4.78, 5) is 28.8. The van der Waals surface area contributed by atoms with E-state index >= 15 is 0 Å². The summed E-state index contributed by atoms with van der Waals surface area (Å²) in [5.41, 5.74) is 1.80. The van der Waals surface area contributed by atoms with Gasteiger partial charge in [-0.25, -0.2) is 0 Å². The van der Waals surface area contributed by atoms with Crippen LogP contribution in [0.25, 0.3) is 11.0 Å². The van der Waals surface area contributed by atoms with Gasteiger partial charge in [0.15, 0.2) is 27.2 Å². The van der Waals surface area contributed by atoms with Gasteiger partial charge >= 0.3 is 0 Å². The number of thioether (sulfide) groups is 1. The lowest BCUT2D eigenvalue weighted by Crippen LogP contribution is -2.31. The summed E-state index contributed by atoms with van der Waals surface area (Å²) in [7, 11) is 1.51. The maximum absolute atomic E-state index is 13.9. The summed E-state index contributed by atoms with van der Waals surface area (Å²) in [5.74, 6) is -1.07. The van der Waals surface area contributed by atoms with Crippen molar-refractivity contribution in [2.75, 3.05) is 12.0 Å². The SMILES string of the molecule is COc1cccc2cc(C(=O)C3=C(O)C(=O)N(c4nnc(SCc5ccccc5Cl)s4)C3c3cccc(Br)c3)oc12. The number of furan rings is 1. The van der Waals surface area contributed by atoms with E-state index in [0.29, 0.717) is 37.4 Å². The maximum atomic E-state index is 13.9. The molecule has 8 nitrogen and oxygen atoms in total. The van der Waals surface area contributed by atoms with Crippen molar-refractivity contribution in [2.45, 2.75) is 16.1 Å². The summed E-state index contributed by atoms with van der Waals surface area (Å²) < 4.78 is 12.6. The molecule has 41 heavy (non-hydrogen) atoms. The van der Waals surface area contributed by atoms with Gasteiger partial charge in [-0.05, 0) is 41.5 Å². The number of hydrogen-bond acceptors (Lipinski definition) is 9. The zero-order valence-corrected chi connectivity index (χ0v) is 25.2. The highest BCUT2D eigenvalue weighted by Gasteiger charge is 2.47. The lowest BCUT2D eigenvalue weighted by molar-refractivity contribution is -0.117. The van der Waals surface area contributed by atoms with Gasteiger partial charge in [0.1, 0.15) is 0 Å². The van der Waals surface area contributed by atoms with E-state index in [2.05, 4.69) is 26.1 Å². The number of aromatic nitrogens is 2. The molecule has 1 N–H and O–H groups in total. The van der Waals surface area contributed by atoms with Crippen LogP contribution >= 0.6 is 50.6 Å². The number of benzene rings is 3. The molecule has 1 aliphatic heterocycles. The highest BCUT2D eigenvalue weighted by Crippen LogP contribution is 2.45. The van der Waals surface area contributed by atoms with E-state index in [0.717, 1.165) is 10.0 Å². The molecular formula is C29H19BrClN3O5S2. The molecule has 1 amide bonds. The largest absolute Gasteiger partial charge is 0.503 e. The average molecular weight is 669 g/mol. The van der Waals surface area contributed by atoms with E-state index in [1.54, 1.807) is 42.5 Å². The van der Waals surface area contributed by atoms with Crippen molar-refractivity contribution in [3.8, 4) is 5.75 Å². The second-order valence-electron chi connectivity index (χ2n) is 8.94. The first-order chi connectivity index (χ1) is 19.9. The molecule has 0 aliphatic carbocycles. The van der Waals surface area contributed by atoms with Gasteiger partial charge < -0.3 is 14.3 Å². The molecule has 0 fully saturated rings. The fourth-order valence-corrected chi connectivity index (χ4v) is 7.15. The van der Waals surface area contributed by atoms with Gasteiger partial charge in [-0.3, -0.25) is 14.5 Å². The molecule has 1 atom stereocenters. The van der Waals surface area contributed by atoms with E-state index in [9.17, 15) is 14.7 Å². The number of ketones is 1. The van der Waals surface area contributed by atoms with Gasteiger partial charge in [-0.2, -0.15) is 0 Å². The Kier molecular flexibility index (Phi) is 7.60. The molecule has 0 radical (unpaired) electrons. The summed E-state index contributed by atoms with van der Waals surface area (Å²) in [6.45, 7) is 0. The topological polar surface area (TPSA) is 106 Å². The molecule has 2 aromatic heterocycles. The number of amides is 1. The van der Waals surface area contributed by atoms with Crippen molar-refractivity contribution in [3.05, 3.63) is 111 Å². The monoisotopic (exact) mass is 667 g/mol. The number of nitrogens with zero attached hydrogens (tertiary/aromatic N) is 3. The average Bonchev–Trinajstić information content (AvgIpc) is 3.69. The fraction of sp³-hybridized carbons (Fsp3) is 0.103. The van der Waals surface area contributed by atoms with Crippen LogP contribution < -0.4 is 9.64 Å². The number of rotatable bonds is 8. The zero-order valence-electron chi connectivity index (χ0n) is 21.2. The summed E-state index contributed by atoms with van der Waals surface area (Å²) in [6.07, 6.45) is 0. The van der Waals surface area contributed by atoms with Crippen LogP contribution in [0.1, 0.15) is 27.7 Å². The van der Waals surface area contributed by atoms with E-state index in [-0.39, 0.29) is 16.5 Å². The Bertz CT molecular complexity index is 1850. The second-order valence-corrected chi connectivity index (χ2v) is 12.4. The molecule has 1 unspecified atom stereocenters. The second kappa shape index (κ2) is 11.3. The van der Waals surface area contributed by atoms with Gasteiger partial charge in [-0.1, -0.05) is 93.1 Å². The Balaban J connectivity index is 1.38. The van der Waals surface area contributed by atoms with Crippen molar-refractivity contribution < 1.29 is 23.8 Å². The van der Waals surface area contributed by atoms with Gasteiger partial charge in [0.05, 0.1) is 18.7 Å². The maximum Gasteiger partial charge on any atom is 0.296 e. The number of hydrogen-bond donors (Lipinski definition) is 1. The number of anilines is 1. The lowest BCUT2D eigenvalue weighted by atomic mass is 9.95. The number of methoxy groups -OCH3 is 1. The van der Waals surface area contributed by atoms with Crippen molar-refractivity contribution >= 4 is 78.4 Å². The molecule has 3 heterocycles. The van der Waals surface area contributed by atoms with Crippen LogP contribution in [-0.2, 0) is 10.5 Å². The molecule has 206 valence electrons. The first kappa shape index (κ1) is 27.5. The van der Waals surface area contributed by atoms with Gasteiger partial charge in [0.2, 0.25) is 10.9 Å². The van der Waals surface area contributed by atoms with E-state index in [1.165, 1.54) is 35.1 Å². The first-order valence-corrected chi connectivity index (χ1v) is 15.2. The smallest absolute Gasteiger partial charge is 0.296 e. The Labute approximate surface area is 255 Å². The van der Waals surface area contributed by atoms with Crippen LogP contribution in [0, 0.1) is 0 Å².